The molecule has 72 valence electrons. The molecule has 0 amide bonds. The van der Waals surface area contributed by atoms with Crippen molar-refractivity contribution < 1.29 is 4.92 Å². The van der Waals surface area contributed by atoms with Crippen molar-refractivity contribution >= 4 is 11.8 Å². The standard InChI is InChI=1S/C8H12N2O2S/c1-3-5-9-8(7-10(11)12)13-6-4-2/h3-4,7,9H,1-2,5-6H2/b8-7-. The van der Waals surface area contributed by atoms with Crippen LogP contribution in [0.3, 0.4) is 0 Å². The van der Waals surface area contributed by atoms with Crippen molar-refractivity contribution in [2.75, 3.05) is 12.3 Å². The Hall–Kier alpha value is -1.23. The van der Waals surface area contributed by atoms with Crippen LogP contribution in [0.5, 0.6) is 0 Å². The first-order valence-corrected chi connectivity index (χ1v) is 4.63. The predicted octanol–water partition coefficient (Wildman–Crippen LogP) is 1.76. The van der Waals surface area contributed by atoms with Crippen molar-refractivity contribution in [1.29, 1.82) is 0 Å². The van der Waals surface area contributed by atoms with Gasteiger partial charge in [0.15, 0.2) is 0 Å². The third-order valence-electron chi connectivity index (χ3n) is 1.000. The van der Waals surface area contributed by atoms with Crippen molar-refractivity contribution in [3.8, 4) is 0 Å². The summed E-state index contributed by atoms with van der Waals surface area (Å²) in [6.45, 7) is 7.55. The van der Waals surface area contributed by atoms with Crippen LogP contribution >= 0.6 is 11.8 Å². The third kappa shape index (κ3) is 7.14. The minimum absolute atomic E-state index is 0.485. The Balaban J connectivity index is 4.08. The van der Waals surface area contributed by atoms with E-state index in [9.17, 15) is 10.1 Å². The van der Waals surface area contributed by atoms with Gasteiger partial charge in [0.1, 0.15) is 5.03 Å². The van der Waals surface area contributed by atoms with Gasteiger partial charge in [-0.3, -0.25) is 10.1 Å². The average Bonchev–Trinajstić information content (AvgIpc) is 2.09. The van der Waals surface area contributed by atoms with Gasteiger partial charge in [0.2, 0.25) is 0 Å². The largest absolute Gasteiger partial charge is 0.371 e. The van der Waals surface area contributed by atoms with Crippen LogP contribution in [-0.4, -0.2) is 17.2 Å². The molecule has 0 unspecified atom stereocenters. The van der Waals surface area contributed by atoms with Crippen molar-refractivity contribution in [2.24, 2.45) is 0 Å². The van der Waals surface area contributed by atoms with Gasteiger partial charge in [-0.15, -0.1) is 13.2 Å². The predicted molar refractivity (Wildman–Crippen MR) is 55.9 cm³/mol. The Labute approximate surface area is 81.6 Å². The van der Waals surface area contributed by atoms with Gasteiger partial charge < -0.3 is 5.32 Å². The van der Waals surface area contributed by atoms with Crippen LogP contribution in [0.4, 0.5) is 0 Å². The molecule has 0 atom stereocenters. The summed E-state index contributed by atoms with van der Waals surface area (Å²) in [5, 5.41) is 13.5. The van der Waals surface area contributed by atoms with Gasteiger partial charge in [-0.1, -0.05) is 23.9 Å². The maximum atomic E-state index is 10.2. The van der Waals surface area contributed by atoms with Gasteiger partial charge in [0, 0.05) is 12.3 Å². The Bertz CT molecular complexity index is 212. The zero-order chi connectivity index (χ0) is 10.1. The molecule has 0 aromatic heterocycles. The van der Waals surface area contributed by atoms with Crippen molar-refractivity contribution in [1.82, 2.24) is 5.32 Å². The number of nitrogens with one attached hydrogen (secondary N) is 1. The fourth-order valence-electron chi connectivity index (χ4n) is 0.551. The first-order chi connectivity index (χ1) is 6.20. The highest BCUT2D eigenvalue weighted by Gasteiger charge is 2.00. The Morgan fingerprint density at radius 1 is 1.54 bits per heavy atom. The van der Waals surface area contributed by atoms with Gasteiger partial charge in [0.25, 0.3) is 6.20 Å². The van der Waals surface area contributed by atoms with E-state index in [-0.39, 0.29) is 0 Å². The molecule has 5 heteroatoms. The van der Waals surface area contributed by atoms with E-state index in [0.29, 0.717) is 17.3 Å². The number of thioether (sulfide) groups is 1. The van der Waals surface area contributed by atoms with E-state index >= 15 is 0 Å². The molecule has 0 spiro atoms. The van der Waals surface area contributed by atoms with E-state index in [0.717, 1.165) is 6.20 Å². The fourth-order valence-corrected chi connectivity index (χ4v) is 1.19. The minimum atomic E-state index is -0.485. The molecular weight excluding hydrogens is 188 g/mol. The SMILES string of the molecule is C=CCN/C(=C/[N+](=O)[O-])SCC=C. The van der Waals surface area contributed by atoms with E-state index in [1.807, 2.05) is 0 Å². The molecule has 0 saturated carbocycles. The smallest absolute Gasteiger partial charge is 0.263 e. The molecule has 13 heavy (non-hydrogen) atoms. The van der Waals surface area contributed by atoms with Crippen LogP contribution in [-0.2, 0) is 0 Å². The summed E-state index contributed by atoms with van der Waals surface area (Å²) in [6.07, 6.45) is 4.27. The summed E-state index contributed by atoms with van der Waals surface area (Å²) in [6, 6.07) is 0. The van der Waals surface area contributed by atoms with E-state index in [1.165, 1.54) is 11.8 Å². The van der Waals surface area contributed by atoms with E-state index in [1.54, 1.807) is 12.2 Å². The molecule has 4 nitrogen and oxygen atoms in total. The normalized spacial score (nSPS) is 10.6. The number of hydrogen-bond acceptors (Lipinski definition) is 4. The number of nitrogens with zero attached hydrogens (tertiary/aromatic N) is 1. The van der Waals surface area contributed by atoms with Crippen LogP contribution in [0.15, 0.2) is 36.5 Å². The minimum Gasteiger partial charge on any atom is -0.371 e. The molecule has 0 aliphatic carbocycles. The highest BCUT2D eigenvalue weighted by Crippen LogP contribution is 2.11. The lowest BCUT2D eigenvalue weighted by Crippen LogP contribution is -2.12. The maximum absolute atomic E-state index is 10.2. The lowest BCUT2D eigenvalue weighted by molar-refractivity contribution is -0.403. The van der Waals surface area contributed by atoms with Gasteiger partial charge in [-0.05, 0) is 0 Å². The number of rotatable bonds is 7. The monoisotopic (exact) mass is 200 g/mol. The molecule has 0 fully saturated rings. The Morgan fingerprint density at radius 2 is 2.23 bits per heavy atom. The van der Waals surface area contributed by atoms with Crippen molar-refractivity contribution in [3.63, 3.8) is 0 Å². The van der Waals surface area contributed by atoms with Gasteiger partial charge in [-0.2, -0.15) is 0 Å². The molecule has 0 radical (unpaired) electrons. The summed E-state index contributed by atoms with van der Waals surface area (Å²) < 4.78 is 0. The first-order valence-electron chi connectivity index (χ1n) is 3.64. The molecule has 0 aromatic carbocycles. The van der Waals surface area contributed by atoms with Crippen LogP contribution in [0, 0.1) is 10.1 Å². The quantitative estimate of drug-likeness (QED) is 0.386. The summed E-state index contributed by atoms with van der Waals surface area (Å²) in [4.78, 5) is 9.68. The third-order valence-corrected chi connectivity index (χ3v) is 1.96. The lowest BCUT2D eigenvalue weighted by atomic mass is 10.6. The number of hydrogen-bond donors (Lipinski definition) is 1. The zero-order valence-corrected chi connectivity index (χ0v) is 8.05. The molecule has 0 aliphatic rings. The van der Waals surface area contributed by atoms with Gasteiger partial charge in [0.05, 0.1) is 4.92 Å². The van der Waals surface area contributed by atoms with Crippen molar-refractivity contribution in [2.45, 2.75) is 0 Å². The molecule has 0 rings (SSSR count). The topological polar surface area (TPSA) is 55.2 Å². The fraction of sp³-hybridized carbons (Fsp3) is 0.250. The second-order valence-corrected chi connectivity index (χ2v) is 3.11. The summed E-state index contributed by atoms with van der Waals surface area (Å²) >= 11 is 1.33. The first kappa shape index (κ1) is 11.8. The second kappa shape index (κ2) is 7.42. The lowest BCUT2D eigenvalue weighted by Gasteiger charge is -2.03. The molecule has 0 aliphatic heterocycles. The van der Waals surface area contributed by atoms with Crippen LogP contribution in [0.25, 0.3) is 0 Å². The summed E-state index contributed by atoms with van der Waals surface area (Å²) in [5.41, 5.74) is 0. The number of nitro groups is 1. The molecule has 0 aromatic rings. The average molecular weight is 200 g/mol. The Morgan fingerprint density at radius 3 is 2.69 bits per heavy atom. The van der Waals surface area contributed by atoms with E-state index < -0.39 is 4.92 Å². The molecular formula is C8H12N2O2S. The van der Waals surface area contributed by atoms with Crippen LogP contribution in [0.2, 0.25) is 0 Å². The molecule has 0 saturated heterocycles. The van der Waals surface area contributed by atoms with Gasteiger partial charge >= 0.3 is 0 Å². The van der Waals surface area contributed by atoms with Crippen molar-refractivity contribution in [3.05, 3.63) is 46.7 Å². The van der Waals surface area contributed by atoms with Gasteiger partial charge in [-0.25, -0.2) is 0 Å². The molecule has 0 bridgehead atoms. The van der Waals surface area contributed by atoms with E-state index in [2.05, 4.69) is 18.5 Å². The maximum Gasteiger partial charge on any atom is 0.263 e. The summed E-state index contributed by atoms with van der Waals surface area (Å²) in [5.74, 6) is 0.643. The zero-order valence-electron chi connectivity index (χ0n) is 7.23. The summed E-state index contributed by atoms with van der Waals surface area (Å²) in [7, 11) is 0. The highest BCUT2D eigenvalue weighted by atomic mass is 32.2. The van der Waals surface area contributed by atoms with E-state index in [4.69, 9.17) is 0 Å². The molecule has 0 heterocycles. The van der Waals surface area contributed by atoms with Crippen LogP contribution in [0.1, 0.15) is 0 Å². The second-order valence-electron chi connectivity index (χ2n) is 2.05. The molecule has 1 N–H and O–H groups in total. The van der Waals surface area contributed by atoms with Crippen LogP contribution < -0.4 is 5.32 Å². The Kier molecular flexibility index (Phi) is 6.72. The highest BCUT2D eigenvalue weighted by molar-refractivity contribution is 8.03.